The predicted octanol–water partition coefficient (Wildman–Crippen LogP) is 3.61. The Morgan fingerprint density at radius 3 is 3.05 bits per heavy atom. The van der Waals surface area contributed by atoms with Crippen LogP contribution in [-0.4, -0.2) is 15.9 Å². The van der Waals surface area contributed by atoms with Crippen LogP contribution in [0.4, 0.5) is 5.69 Å². The van der Waals surface area contributed by atoms with E-state index in [0.29, 0.717) is 5.88 Å². The summed E-state index contributed by atoms with van der Waals surface area (Å²) in [5.41, 5.74) is 2.47. The third-order valence-corrected chi connectivity index (χ3v) is 4.11. The molecule has 0 unspecified atom stereocenters. The molecule has 1 N–H and O–H groups in total. The van der Waals surface area contributed by atoms with Gasteiger partial charge in [0, 0.05) is 22.7 Å². The molecule has 3 rings (SSSR count). The van der Waals surface area contributed by atoms with E-state index in [0.717, 1.165) is 27.3 Å². The van der Waals surface area contributed by atoms with Crippen LogP contribution in [0.1, 0.15) is 10.7 Å². The van der Waals surface area contributed by atoms with Crippen molar-refractivity contribution >= 4 is 45.4 Å². The molecule has 2 aromatic heterocycles. The first-order valence-electron chi connectivity index (χ1n) is 6.38. The zero-order valence-electron chi connectivity index (χ0n) is 11.0. The molecule has 0 fully saturated rings. The highest BCUT2D eigenvalue weighted by Gasteiger charge is 2.08. The molecule has 0 atom stereocenters. The molecule has 106 valence electrons. The fourth-order valence-electron chi connectivity index (χ4n) is 1.99. The number of aromatic nitrogens is 2. The Morgan fingerprint density at radius 1 is 1.33 bits per heavy atom. The van der Waals surface area contributed by atoms with Gasteiger partial charge in [-0.25, -0.2) is 4.98 Å². The number of fused-ring (bicyclic) bond motifs is 1. The lowest BCUT2D eigenvalue weighted by molar-refractivity contribution is -0.115. The predicted molar refractivity (Wildman–Crippen MR) is 85.7 cm³/mol. The number of anilines is 1. The fourth-order valence-corrected chi connectivity index (χ4v) is 3.01. The number of nitrogens with one attached hydrogen (secondary N) is 1. The van der Waals surface area contributed by atoms with Crippen LogP contribution < -0.4 is 5.32 Å². The number of carbonyl (C=O) groups excluding carboxylic acids is 1. The Morgan fingerprint density at radius 2 is 2.24 bits per heavy atom. The van der Waals surface area contributed by atoms with E-state index in [4.69, 9.17) is 11.6 Å². The van der Waals surface area contributed by atoms with Crippen LogP contribution in [-0.2, 0) is 17.1 Å². The van der Waals surface area contributed by atoms with Gasteiger partial charge in [-0.15, -0.1) is 22.9 Å². The molecule has 0 aliphatic heterocycles. The van der Waals surface area contributed by atoms with E-state index in [1.165, 1.54) is 11.3 Å². The highest BCUT2D eigenvalue weighted by Crippen LogP contribution is 2.18. The Kier molecular flexibility index (Phi) is 4.13. The van der Waals surface area contributed by atoms with Gasteiger partial charge in [-0.1, -0.05) is 6.07 Å². The van der Waals surface area contributed by atoms with Gasteiger partial charge in [0.15, 0.2) is 0 Å². The normalized spacial score (nSPS) is 10.7. The molecule has 1 aromatic carbocycles. The van der Waals surface area contributed by atoms with Gasteiger partial charge in [0.1, 0.15) is 5.01 Å². The Balaban J connectivity index is 1.70. The maximum absolute atomic E-state index is 12.0. The van der Waals surface area contributed by atoms with E-state index in [1.54, 1.807) is 6.20 Å². The van der Waals surface area contributed by atoms with E-state index in [2.05, 4.69) is 15.3 Å². The molecule has 0 bridgehead atoms. The number of benzene rings is 1. The van der Waals surface area contributed by atoms with Gasteiger partial charge in [-0.05, 0) is 24.3 Å². The van der Waals surface area contributed by atoms with Gasteiger partial charge in [-0.3, -0.25) is 9.78 Å². The molecule has 0 aliphatic carbocycles. The molecule has 1 amide bonds. The molecule has 21 heavy (non-hydrogen) atoms. The largest absolute Gasteiger partial charge is 0.326 e. The van der Waals surface area contributed by atoms with Crippen LogP contribution in [0.2, 0.25) is 0 Å². The first-order valence-corrected chi connectivity index (χ1v) is 7.80. The number of halogens is 1. The molecule has 4 nitrogen and oxygen atoms in total. The van der Waals surface area contributed by atoms with Crippen molar-refractivity contribution < 1.29 is 4.79 Å². The maximum Gasteiger partial charge on any atom is 0.231 e. The molecule has 0 radical (unpaired) electrons. The lowest BCUT2D eigenvalue weighted by Gasteiger charge is -2.05. The smallest absolute Gasteiger partial charge is 0.231 e. The van der Waals surface area contributed by atoms with E-state index < -0.39 is 0 Å². The zero-order valence-corrected chi connectivity index (χ0v) is 12.6. The Hall–Kier alpha value is -1.98. The van der Waals surface area contributed by atoms with Crippen molar-refractivity contribution in [1.82, 2.24) is 9.97 Å². The number of rotatable bonds is 4. The standard InChI is InChI=1S/C15H12ClN3OS/c16-8-12-9-21-15(19-12)7-14(20)18-11-3-4-13-10(6-11)2-1-5-17-13/h1-6,9H,7-8H2,(H,18,20). The van der Waals surface area contributed by atoms with Gasteiger partial charge in [-0.2, -0.15) is 0 Å². The van der Waals surface area contributed by atoms with Crippen molar-refractivity contribution in [1.29, 1.82) is 0 Å². The second kappa shape index (κ2) is 6.20. The molecule has 0 spiro atoms. The van der Waals surface area contributed by atoms with Crippen LogP contribution in [0.25, 0.3) is 10.9 Å². The summed E-state index contributed by atoms with van der Waals surface area (Å²) in [5, 5.41) is 6.51. The molecule has 3 aromatic rings. The third kappa shape index (κ3) is 3.37. The summed E-state index contributed by atoms with van der Waals surface area (Å²) in [6, 6.07) is 9.48. The molecule has 0 saturated carbocycles. The SMILES string of the molecule is O=C(Cc1nc(CCl)cs1)Nc1ccc2ncccc2c1. The highest BCUT2D eigenvalue weighted by molar-refractivity contribution is 7.09. The van der Waals surface area contributed by atoms with Gasteiger partial charge in [0.05, 0.1) is 23.5 Å². The number of hydrogen-bond donors (Lipinski definition) is 1. The summed E-state index contributed by atoms with van der Waals surface area (Å²) < 4.78 is 0. The highest BCUT2D eigenvalue weighted by atomic mass is 35.5. The second-order valence-corrected chi connectivity index (χ2v) is 5.71. The van der Waals surface area contributed by atoms with Crippen molar-refractivity contribution in [3.63, 3.8) is 0 Å². The van der Waals surface area contributed by atoms with E-state index in [1.807, 2.05) is 35.7 Å². The minimum Gasteiger partial charge on any atom is -0.326 e. The summed E-state index contributed by atoms with van der Waals surface area (Å²) >= 11 is 7.15. The molecule has 2 heterocycles. The summed E-state index contributed by atoms with van der Waals surface area (Å²) in [4.78, 5) is 20.5. The van der Waals surface area contributed by atoms with Crippen LogP contribution in [0.15, 0.2) is 41.9 Å². The quantitative estimate of drug-likeness (QED) is 0.748. The molecular formula is C15H12ClN3OS. The number of thiazole rings is 1. The van der Waals surface area contributed by atoms with Gasteiger partial charge in [0.2, 0.25) is 5.91 Å². The van der Waals surface area contributed by atoms with Crippen LogP contribution >= 0.6 is 22.9 Å². The minimum atomic E-state index is -0.0892. The van der Waals surface area contributed by atoms with E-state index >= 15 is 0 Å². The van der Waals surface area contributed by atoms with Gasteiger partial charge >= 0.3 is 0 Å². The van der Waals surface area contributed by atoms with Gasteiger partial charge in [0.25, 0.3) is 0 Å². The number of nitrogens with zero attached hydrogens (tertiary/aromatic N) is 2. The van der Waals surface area contributed by atoms with Crippen molar-refractivity contribution in [3.8, 4) is 0 Å². The monoisotopic (exact) mass is 317 g/mol. The van der Waals surface area contributed by atoms with E-state index in [9.17, 15) is 4.79 Å². The first kappa shape index (κ1) is 14.0. The second-order valence-electron chi connectivity index (χ2n) is 4.50. The molecule has 0 saturated heterocycles. The lowest BCUT2D eigenvalue weighted by atomic mass is 10.2. The Bertz CT molecular complexity index is 787. The number of pyridine rings is 1. The maximum atomic E-state index is 12.0. The van der Waals surface area contributed by atoms with Crippen LogP contribution in [0, 0.1) is 0 Å². The summed E-state index contributed by atoms with van der Waals surface area (Å²) in [7, 11) is 0. The number of hydrogen-bond acceptors (Lipinski definition) is 4. The topological polar surface area (TPSA) is 54.9 Å². The van der Waals surface area contributed by atoms with Gasteiger partial charge < -0.3 is 5.32 Å². The number of alkyl halides is 1. The minimum absolute atomic E-state index is 0.0892. The van der Waals surface area contributed by atoms with Crippen molar-refractivity contribution in [3.05, 3.63) is 52.6 Å². The Labute approximate surface area is 130 Å². The molecule has 0 aliphatic rings. The third-order valence-electron chi connectivity index (χ3n) is 2.93. The average molecular weight is 318 g/mol. The van der Waals surface area contributed by atoms with Crippen molar-refractivity contribution in [2.24, 2.45) is 0 Å². The first-order chi connectivity index (χ1) is 10.2. The van der Waals surface area contributed by atoms with Crippen molar-refractivity contribution in [2.75, 3.05) is 5.32 Å². The summed E-state index contributed by atoms with van der Waals surface area (Å²) in [6.07, 6.45) is 2.00. The van der Waals surface area contributed by atoms with E-state index in [-0.39, 0.29) is 12.3 Å². The van der Waals surface area contributed by atoms with Crippen LogP contribution in [0.3, 0.4) is 0 Å². The molecular weight excluding hydrogens is 306 g/mol. The molecule has 6 heteroatoms. The average Bonchev–Trinajstić information content (AvgIpc) is 2.94. The fraction of sp³-hybridized carbons (Fsp3) is 0.133. The van der Waals surface area contributed by atoms with Crippen molar-refractivity contribution in [2.45, 2.75) is 12.3 Å². The summed E-state index contributed by atoms with van der Waals surface area (Å²) in [5.74, 6) is 0.282. The summed E-state index contributed by atoms with van der Waals surface area (Å²) in [6.45, 7) is 0. The van der Waals surface area contributed by atoms with Crippen LogP contribution in [0.5, 0.6) is 0 Å². The number of amides is 1. The zero-order chi connectivity index (χ0) is 14.7. The number of carbonyl (C=O) groups is 1. The lowest BCUT2D eigenvalue weighted by Crippen LogP contribution is -2.14.